The molecule has 1 heterocycles. The van der Waals surface area contributed by atoms with Gasteiger partial charge in [-0.05, 0) is 31.0 Å². The largest absolute Gasteiger partial charge is 0.493 e. The Labute approximate surface area is 139 Å². The second-order valence-corrected chi connectivity index (χ2v) is 5.72. The van der Waals surface area contributed by atoms with Gasteiger partial charge in [-0.1, -0.05) is 17.8 Å². The molecule has 2 aromatic rings. The van der Waals surface area contributed by atoms with Gasteiger partial charge in [-0.15, -0.1) is 5.10 Å². The fraction of sp³-hybridized carbons (Fsp3) is 0.400. The lowest BCUT2D eigenvalue weighted by atomic mass is 10.1. The van der Waals surface area contributed by atoms with Crippen LogP contribution in [0.2, 0.25) is 0 Å². The molecule has 124 valence electrons. The topological polar surface area (TPSA) is 89.1 Å². The normalized spacial score (nSPS) is 10.4. The van der Waals surface area contributed by atoms with E-state index in [-0.39, 0.29) is 5.91 Å². The molecule has 0 aliphatic heterocycles. The highest BCUT2D eigenvalue weighted by atomic mass is 32.2. The van der Waals surface area contributed by atoms with Gasteiger partial charge in [-0.25, -0.2) is 4.98 Å². The molecule has 1 aromatic carbocycles. The van der Waals surface area contributed by atoms with Gasteiger partial charge in [0.25, 0.3) is 0 Å². The van der Waals surface area contributed by atoms with Crippen molar-refractivity contribution in [3.63, 3.8) is 0 Å². The summed E-state index contributed by atoms with van der Waals surface area (Å²) in [5.74, 6) is 2.37. The Hall–Kier alpha value is -2.22. The van der Waals surface area contributed by atoms with Crippen molar-refractivity contribution in [2.75, 3.05) is 26.5 Å². The zero-order valence-electron chi connectivity index (χ0n) is 13.4. The molecule has 1 aromatic heterocycles. The SMILES string of the molecule is COc1ccc(CCNC(=O)CSc2n[nH]c(C)n2)cc1OC. The molecule has 0 spiro atoms. The van der Waals surface area contributed by atoms with E-state index >= 15 is 0 Å². The third-order valence-electron chi connectivity index (χ3n) is 3.09. The maximum atomic E-state index is 11.8. The van der Waals surface area contributed by atoms with Gasteiger partial charge in [0.2, 0.25) is 11.1 Å². The summed E-state index contributed by atoms with van der Waals surface area (Å²) in [5.41, 5.74) is 1.07. The van der Waals surface area contributed by atoms with Crippen LogP contribution in [0.25, 0.3) is 0 Å². The number of hydrogen-bond donors (Lipinski definition) is 2. The van der Waals surface area contributed by atoms with Crippen LogP contribution in [0.3, 0.4) is 0 Å². The van der Waals surface area contributed by atoms with E-state index in [1.54, 1.807) is 14.2 Å². The zero-order valence-corrected chi connectivity index (χ0v) is 14.2. The van der Waals surface area contributed by atoms with E-state index in [2.05, 4.69) is 20.5 Å². The number of carbonyl (C=O) groups is 1. The van der Waals surface area contributed by atoms with Gasteiger partial charge < -0.3 is 14.8 Å². The molecule has 0 aliphatic rings. The highest BCUT2D eigenvalue weighted by molar-refractivity contribution is 7.99. The number of ether oxygens (including phenoxy) is 2. The Morgan fingerprint density at radius 2 is 2.09 bits per heavy atom. The predicted octanol–water partition coefficient (Wildman–Crippen LogP) is 1.58. The lowest BCUT2D eigenvalue weighted by Crippen LogP contribution is -2.27. The summed E-state index contributed by atoms with van der Waals surface area (Å²) in [5, 5.41) is 10.2. The minimum Gasteiger partial charge on any atom is -0.493 e. The first-order valence-electron chi connectivity index (χ1n) is 7.11. The number of amides is 1. The van der Waals surface area contributed by atoms with E-state index < -0.39 is 0 Å². The number of aryl methyl sites for hydroxylation is 1. The highest BCUT2D eigenvalue weighted by Crippen LogP contribution is 2.27. The molecular formula is C15H20N4O3S. The molecule has 0 atom stereocenters. The first-order valence-corrected chi connectivity index (χ1v) is 8.10. The van der Waals surface area contributed by atoms with Gasteiger partial charge in [-0.2, -0.15) is 0 Å². The van der Waals surface area contributed by atoms with Crippen molar-refractivity contribution in [1.29, 1.82) is 0 Å². The molecular weight excluding hydrogens is 316 g/mol. The molecule has 1 amide bonds. The first kappa shape index (κ1) is 17.1. The molecule has 0 radical (unpaired) electrons. The lowest BCUT2D eigenvalue weighted by Gasteiger charge is -2.10. The lowest BCUT2D eigenvalue weighted by molar-refractivity contribution is -0.118. The van der Waals surface area contributed by atoms with Crippen LogP contribution in [0.4, 0.5) is 0 Å². The number of aromatic amines is 1. The van der Waals surface area contributed by atoms with E-state index in [0.29, 0.717) is 29.0 Å². The monoisotopic (exact) mass is 336 g/mol. The summed E-state index contributed by atoms with van der Waals surface area (Å²) < 4.78 is 10.5. The van der Waals surface area contributed by atoms with E-state index in [9.17, 15) is 4.79 Å². The quantitative estimate of drug-likeness (QED) is 0.712. The van der Waals surface area contributed by atoms with Crippen LogP contribution in [0.15, 0.2) is 23.4 Å². The smallest absolute Gasteiger partial charge is 0.230 e. The molecule has 0 saturated carbocycles. The van der Waals surface area contributed by atoms with Crippen molar-refractivity contribution in [2.45, 2.75) is 18.5 Å². The van der Waals surface area contributed by atoms with Crippen molar-refractivity contribution >= 4 is 17.7 Å². The van der Waals surface area contributed by atoms with Crippen molar-refractivity contribution in [2.24, 2.45) is 0 Å². The minimum absolute atomic E-state index is 0.0436. The van der Waals surface area contributed by atoms with Gasteiger partial charge >= 0.3 is 0 Å². The number of hydrogen-bond acceptors (Lipinski definition) is 6. The number of nitrogens with one attached hydrogen (secondary N) is 2. The van der Waals surface area contributed by atoms with Crippen molar-refractivity contribution in [1.82, 2.24) is 20.5 Å². The predicted molar refractivity (Wildman–Crippen MR) is 88.1 cm³/mol. The Morgan fingerprint density at radius 1 is 1.30 bits per heavy atom. The number of nitrogens with zero attached hydrogens (tertiary/aromatic N) is 2. The summed E-state index contributed by atoms with van der Waals surface area (Å²) in [6.07, 6.45) is 0.719. The van der Waals surface area contributed by atoms with Gasteiger partial charge in [0.05, 0.1) is 20.0 Å². The molecule has 2 N–H and O–H groups in total. The summed E-state index contributed by atoms with van der Waals surface area (Å²) in [6, 6.07) is 5.73. The Morgan fingerprint density at radius 3 is 2.74 bits per heavy atom. The first-order chi connectivity index (χ1) is 11.1. The van der Waals surface area contributed by atoms with Crippen molar-refractivity contribution in [3.05, 3.63) is 29.6 Å². The second-order valence-electron chi connectivity index (χ2n) is 4.78. The maximum Gasteiger partial charge on any atom is 0.230 e. The number of benzene rings is 1. The van der Waals surface area contributed by atoms with E-state index in [1.165, 1.54) is 11.8 Å². The van der Waals surface area contributed by atoms with Crippen LogP contribution >= 0.6 is 11.8 Å². The van der Waals surface area contributed by atoms with Crippen LogP contribution in [0.5, 0.6) is 11.5 Å². The van der Waals surface area contributed by atoms with E-state index in [0.717, 1.165) is 17.8 Å². The molecule has 8 heteroatoms. The summed E-state index contributed by atoms with van der Waals surface area (Å²) in [6.45, 7) is 2.38. The van der Waals surface area contributed by atoms with Gasteiger partial charge in [0, 0.05) is 6.54 Å². The second kappa shape index (κ2) is 8.42. The van der Waals surface area contributed by atoms with Crippen LogP contribution in [-0.2, 0) is 11.2 Å². The number of aromatic nitrogens is 3. The van der Waals surface area contributed by atoms with Crippen LogP contribution in [-0.4, -0.2) is 47.6 Å². The number of carbonyl (C=O) groups excluding carboxylic acids is 1. The number of rotatable bonds is 8. The molecule has 0 fully saturated rings. The third kappa shape index (κ3) is 5.17. The van der Waals surface area contributed by atoms with Crippen LogP contribution in [0.1, 0.15) is 11.4 Å². The molecule has 0 saturated heterocycles. The zero-order chi connectivity index (χ0) is 16.7. The number of thioether (sulfide) groups is 1. The van der Waals surface area contributed by atoms with Crippen LogP contribution in [0, 0.1) is 6.92 Å². The maximum absolute atomic E-state index is 11.8. The summed E-state index contributed by atoms with van der Waals surface area (Å²) in [7, 11) is 3.20. The van der Waals surface area contributed by atoms with Crippen molar-refractivity contribution in [3.8, 4) is 11.5 Å². The fourth-order valence-corrected chi connectivity index (χ4v) is 2.62. The Balaban J connectivity index is 1.74. The standard InChI is InChI=1S/C15H20N4O3S/c1-10-17-15(19-18-10)23-9-14(20)16-7-6-11-4-5-12(21-2)13(8-11)22-3/h4-5,8H,6-7,9H2,1-3H3,(H,16,20)(H,17,18,19). The molecule has 7 nitrogen and oxygen atoms in total. The van der Waals surface area contributed by atoms with E-state index in [1.807, 2.05) is 25.1 Å². The summed E-state index contributed by atoms with van der Waals surface area (Å²) >= 11 is 1.30. The van der Waals surface area contributed by atoms with Gasteiger partial charge in [-0.3, -0.25) is 9.89 Å². The number of methoxy groups -OCH3 is 2. The van der Waals surface area contributed by atoms with Crippen LogP contribution < -0.4 is 14.8 Å². The average molecular weight is 336 g/mol. The highest BCUT2D eigenvalue weighted by Gasteiger charge is 2.07. The average Bonchev–Trinajstić information content (AvgIpc) is 2.98. The molecule has 0 unspecified atom stereocenters. The minimum atomic E-state index is -0.0436. The molecule has 23 heavy (non-hydrogen) atoms. The third-order valence-corrected chi connectivity index (χ3v) is 3.94. The van der Waals surface area contributed by atoms with Crippen molar-refractivity contribution < 1.29 is 14.3 Å². The van der Waals surface area contributed by atoms with E-state index in [4.69, 9.17) is 9.47 Å². The molecule has 0 aliphatic carbocycles. The summed E-state index contributed by atoms with van der Waals surface area (Å²) in [4.78, 5) is 15.9. The number of H-pyrrole nitrogens is 1. The van der Waals surface area contributed by atoms with Gasteiger partial charge in [0.15, 0.2) is 11.5 Å². The molecule has 2 rings (SSSR count). The molecule has 0 bridgehead atoms. The Kier molecular flexibility index (Phi) is 6.28. The Bertz CT molecular complexity index is 660. The van der Waals surface area contributed by atoms with Gasteiger partial charge in [0.1, 0.15) is 5.82 Å². The fourth-order valence-electron chi connectivity index (χ4n) is 1.95.